The standard InChI is InChI=1S/C17H15N3O/c21-17(20-10-12-5-1-2-6-13(12)11-20)19-16-9-18-15-8-4-3-7-14(15)16/h1-9,18H,10-11H2,(H,19,21). The molecule has 21 heavy (non-hydrogen) atoms. The third kappa shape index (κ3) is 2.05. The van der Waals surface area contributed by atoms with Gasteiger partial charge in [0.05, 0.1) is 5.69 Å². The molecule has 2 N–H and O–H groups in total. The van der Waals surface area contributed by atoms with Crippen LogP contribution in [-0.4, -0.2) is 15.9 Å². The summed E-state index contributed by atoms with van der Waals surface area (Å²) in [5.74, 6) is 0. The van der Waals surface area contributed by atoms with Crippen LogP contribution in [0.4, 0.5) is 10.5 Å². The van der Waals surface area contributed by atoms with Crippen LogP contribution < -0.4 is 5.32 Å². The number of anilines is 1. The maximum Gasteiger partial charge on any atom is 0.322 e. The number of para-hydroxylation sites is 1. The first-order valence-corrected chi connectivity index (χ1v) is 7.00. The number of benzene rings is 2. The minimum Gasteiger partial charge on any atom is -0.359 e. The molecule has 4 heteroatoms. The van der Waals surface area contributed by atoms with Gasteiger partial charge in [-0.2, -0.15) is 0 Å². The van der Waals surface area contributed by atoms with Gasteiger partial charge in [-0.15, -0.1) is 0 Å². The van der Waals surface area contributed by atoms with E-state index in [1.807, 2.05) is 47.5 Å². The summed E-state index contributed by atoms with van der Waals surface area (Å²) in [6.07, 6.45) is 1.84. The second-order valence-electron chi connectivity index (χ2n) is 5.30. The lowest BCUT2D eigenvalue weighted by atomic mass is 10.1. The molecule has 104 valence electrons. The van der Waals surface area contributed by atoms with Crippen LogP contribution in [0.25, 0.3) is 10.9 Å². The SMILES string of the molecule is O=C(Nc1c[nH]c2ccccc12)N1Cc2ccccc2C1. The molecule has 4 rings (SSSR count). The van der Waals surface area contributed by atoms with Crippen LogP contribution in [0.1, 0.15) is 11.1 Å². The third-order valence-electron chi connectivity index (χ3n) is 3.96. The Morgan fingerprint density at radius 3 is 2.43 bits per heavy atom. The zero-order chi connectivity index (χ0) is 14.2. The number of H-pyrrole nitrogens is 1. The predicted octanol–water partition coefficient (Wildman–Crippen LogP) is 3.72. The Labute approximate surface area is 122 Å². The van der Waals surface area contributed by atoms with Crippen LogP contribution in [0, 0.1) is 0 Å². The molecule has 2 heterocycles. The van der Waals surface area contributed by atoms with Crippen LogP contribution in [0.15, 0.2) is 54.7 Å². The largest absolute Gasteiger partial charge is 0.359 e. The lowest BCUT2D eigenvalue weighted by Crippen LogP contribution is -2.30. The van der Waals surface area contributed by atoms with E-state index in [1.165, 1.54) is 11.1 Å². The molecule has 4 nitrogen and oxygen atoms in total. The van der Waals surface area contributed by atoms with Crippen molar-refractivity contribution >= 4 is 22.6 Å². The van der Waals surface area contributed by atoms with Gasteiger partial charge >= 0.3 is 6.03 Å². The number of amides is 2. The average molecular weight is 277 g/mol. The number of fused-ring (bicyclic) bond motifs is 2. The molecule has 0 aliphatic carbocycles. The van der Waals surface area contributed by atoms with E-state index in [0.29, 0.717) is 13.1 Å². The van der Waals surface area contributed by atoms with E-state index in [2.05, 4.69) is 22.4 Å². The van der Waals surface area contributed by atoms with Crippen LogP contribution in [-0.2, 0) is 13.1 Å². The Balaban J connectivity index is 1.55. The first-order valence-electron chi connectivity index (χ1n) is 7.00. The molecule has 0 bridgehead atoms. The molecule has 2 amide bonds. The molecule has 0 unspecified atom stereocenters. The Morgan fingerprint density at radius 1 is 1.00 bits per heavy atom. The molecule has 3 aromatic rings. The number of urea groups is 1. The van der Waals surface area contributed by atoms with Gasteiger partial charge in [0.2, 0.25) is 0 Å². The van der Waals surface area contributed by atoms with E-state index in [1.54, 1.807) is 0 Å². The molecular weight excluding hydrogens is 262 g/mol. The summed E-state index contributed by atoms with van der Waals surface area (Å²) < 4.78 is 0. The van der Waals surface area contributed by atoms with Crippen molar-refractivity contribution in [3.05, 3.63) is 65.9 Å². The van der Waals surface area contributed by atoms with E-state index in [0.717, 1.165) is 16.6 Å². The molecule has 1 aliphatic rings. The number of hydrogen-bond donors (Lipinski definition) is 2. The van der Waals surface area contributed by atoms with Crippen molar-refractivity contribution in [3.8, 4) is 0 Å². The van der Waals surface area contributed by atoms with E-state index in [4.69, 9.17) is 0 Å². The molecule has 0 atom stereocenters. The van der Waals surface area contributed by atoms with Crippen molar-refractivity contribution in [3.63, 3.8) is 0 Å². The Morgan fingerprint density at radius 2 is 1.67 bits per heavy atom. The van der Waals surface area contributed by atoms with Crippen LogP contribution >= 0.6 is 0 Å². The second-order valence-corrected chi connectivity index (χ2v) is 5.30. The summed E-state index contributed by atoms with van der Waals surface area (Å²) in [7, 11) is 0. The highest BCUT2D eigenvalue weighted by Gasteiger charge is 2.23. The van der Waals surface area contributed by atoms with E-state index in [-0.39, 0.29) is 6.03 Å². The Bertz CT molecular complexity index is 797. The average Bonchev–Trinajstić information content (AvgIpc) is 3.11. The van der Waals surface area contributed by atoms with Crippen LogP contribution in [0.3, 0.4) is 0 Å². The molecule has 0 fully saturated rings. The molecule has 1 aliphatic heterocycles. The maximum atomic E-state index is 12.4. The quantitative estimate of drug-likeness (QED) is 0.699. The number of hydrogen-bond acceptors (Lipinski definition) is 1. The van der Waals surface area contributed by atoms with Crippen molar-refractivity contribution in [1.29, 1.82) is 0 Å². The van der Waals surface area contributed by atoms with Crippen molar-refractivity contribution in [2.45, 2.75) is 13.1 Å². The fourth-order valence-electron chi connectivity index (χ4n) is 2.85. The fourth-order valence-corrected chi connectivity index (χ4v) is 2.85. The number of nitrogens with one attached hydrogen (secondary N) is 2. The van der Waals surface area contributed by atoms with E-state index < -0.39 is 0 Å². The highest BCUT2D eigenvalue weighted by Crippen LogP contribution is 2.26. The zero-order valence-corrected chi connectivity index (χ0v) is 11.5. The normalized spacial score (nSPS) is 13.4. The van der Waals surface area contributed by atoms with Gasteiger partial charge in [0, 0.05) is 30.2 Å². The topological polar surface area (TPSA) is 48.1 Å². The molecular formula is C17H15N3O. The first kappa shape index (κ1) is 12.0. The second kappa shape index (κ2) is 4.66. The monoisotopic (exact) mass is 277 g/mol. The smallest absolute Gasteiger partial charge is 0.322 e. The summed E-state index contributed by atoms with van der Waals surface area (Å²) >= 11 is 0. The van der Waals surface area contributed by atoms with Crippen molar-refractivity contribution in [2.75, 3.05) is 5.32 Å². The molecule has 2 aromatic carbocycles. The number of carbonyl (C=O) groups excluding carboxylic acids is 1. The third-order valence-corrected chi connectivity index (χ3v) is 3.96. The van der Waals surface area contributed by atoms with Crippen molar-refractivity contribution in [1.82, 2.24) is 9.88 Å². The minimum absolute atomic E-state index is 0.0593. The molecule has 0 saturated carbocycles. The fraction of sp³-hybridized carbons (Fsp3) is 0.118. The van der Waals surface area contributed by atoms with Crippen LogP contribution in [0.5, 0.6) is 0 Å². The van der Waals surface area contributed by atoms with Gasteiger partial charge in [0.15, 0.2) is 0 Å². The Kier molecular flexibility index (Phi) is 2.67. The molecule has 1 aromatic heterocycles. The summed E-state index contributed by atoms with van der Waals surface area (Å²) in [6, 6.07) is 16.1. The zero-order valence-electron chi connectivity index (χ0n) is 11.5. The minimum atomic E-state index is -0.0593. The summed E-state index contributed by atoms with van der Waals surface area (Å²) in [5, 5.41) is 4.03. The van der Waals surface area contributed by atoms with Gasteiger partial charge in [0.1, 0.15) is 0 Å². The number of carbonyl (C=O) groups is 1. The Hall–Kier alpha value is -2.75. The summed E-state index contributed by atoms with van der Waals surface area (Å²) in [5.41, 5.74) is 4.31. The van der Waals surface area contributed by atoms with Gasteiger partial charge in [-0.1, -0.05) is 42.5 Å². The van der Waals surface area contributed by atoms with Crippen LogP contribution in [0.2, 0.25) is 0 Å². The van der Waals surface area contributed by atoms with Gasteiger partial charge in [-0.3, -0.25) is 0 Å². The highest BCUT2D eigenvalue weighted by molar-refractivity contribution is 6.01. The van der Waals surface area contributed by atoms with Gasteiger partial charge in [-0.25, -0.2) is 4.79 Å². The highest BCUT2D eigenvalue weighted by atomic mass is 16.2. The van der Waals surface area contributed by atoms with E-state index >= 15 is 0 Å². The van der Waals surface area contributed by atoms with E-state index in [9.17, 15) is 4.79 Å². The number of rotatable bonds is 1. The lowest BCUT2D eigenvalue weighted by Gasteiger charge is -2.16. The van der Waals surface area contributed by atoms with Crippen molar-refractivity contribution in [2.24, 2.45) is 0 Å². The molecule has 0 radical (unpaired) electrons. The van der Waals surface area contributed by atoms with Gasteiger partial charge in [-0.05, 0) is 17.2 Å². The maximum absolute atomic E-state index is 12.4. The predicted molar refractivity (Wildman–Crippen MR) is 83.0 cm³/mol. The molecule has 0 spiro atoms. The molecule has 0 saturated heterocycles. The number of aromatic amines is 1. The summed E-state index contributed by atoms with van der Waals surface area (Å²) in [6.45, 7) is 1.34. The van der Waals surface area contributed by atoms with Gasteiger partial charge < -0.3 is 15.2 Å². The number of aromatic nitrogens is 1. The van der Waals surface area contributed by atoms with Crippen molar-refractivity contribution < 1.29 is 4.79 Å². The van der Waals surface area contributed by atoms with Gasteiger partial charge in [0.25, 0.3) is 0 Å². The summed E-state index contributed by atoms with van der Waals surface area (Å²) in [4.78, 5) is 17.4. The lowest BCUT2D eigenvalue weighted by molar-refractivity contribution is 0.212. The first-order chi connectivity index (χ1) is 10.3. The number of nitrogens with zero attached hydrogens (tertiary/aromatic N) is 1.